The fourth-order valence-electron chi connectivity index (χ4n) is 5.73. The zero-order chi connectivity index (χ0) is 20.3. The fourth-order valence-corrected chi connectivity index (χ4v) is 24.2. The molecular weight excluding hydrogens is 504 g/mol. The minimum atomic E-state index is -3.31. The Labute approximate surface area is 196 Å². The normalized spacial score (nSPS) is 21.1. The van der Waals surface area contributed by atoms with Crippen molar-refractivity contribution in [2.75, 3.05) is 0 Å². The van der Waals surface area contributed by atoms with Crippen LogP contribution in [-0.4, -0.2) is 11.9 Å². The van der Waals surface area contributed by atoms with Gasteiger partial charge in [-0.3, -0.25) is 0 Å². The van der Waals surface area contributed by atoms with Crippen molar-refractivity contribution in [3.63, 3.8) is 0 Å². The summed E-state index contributed by atoms with van der Waals surface area (Å²) in [6.45, 7) is 11.8. The van der Waals surface area contributed by atoms with Gasteiger partial charge in [0.25, 0.3) is 0 Å². The Morgan fingerprint density at radius 1 is 0.900 bits per heavy atom. The Morgan fingerprint density at radius 2 is 1.53 bits per heavy atom. The van der Waals surface area contributed by atoms with Crippen LogP contribution >= 0.6 is 24.8 Å². The number of hydrogen-bond donors (Lipinski definition) is 0. The standard InChI is InChI=1S/C14H10N.C9H13.2CH3.2ClH.H2Si.Zr/c1-2-6-12-11(5-1)8-9-13(12)14-7-3-4-10-15-14;1-6-5-7(2)9(4)8(6)3;;;;;;/h1-10H;6H,1-4H3;2*1H3;2*1H;1H2;. The molecule has 2 unspecified atom stereocenters. The molecule has 2 aromatic rings. The number of halogens is 2. The second kappa shape index (κ2) is 8.66. The van der Waals surface area contributed by atoms with Crippen LogP contribution in [0.1, 0.15) is 48.1 Å². The van der Waals surface area contributed by atoms with Crippen LogP contribution in [-0.2, 0) is 17.4 Å². The van der Waals surface area contributed by atoms with Crippen molar-refractivity contribution in [3.8, 4) is 0 Å². The first kappa shape index (κ1) is 25.5. The van der Waals surface area contributed by atoms with Crippen LogP contribution in [0.25, 0.3) is 5.57 Å². The number of fused-ring (bicyclic) bond motifs is 1. The quantitative estimate of drug-likeness (QED) is 0.384. The van der Waals surface area contributed by atoms with E-state index >= 15 is 0 Å². The topological polar surface area (TPSA) is 12.9 Å². The molecule has 1 nitrogen and oxygen atoms in total. The van der Waals surface area contributed by atoms with Crippen molar-refractivity contribution in [1.82, 2.24) is 4.98 Å². The molecule has 30 heavy (non-hydrogen) atoms. The summed E-state index contributed by atoms with van der Waals surface area (Å²) in [6.07, 6.45) is 4.48. The first-order valence-corrected chi connectivity index (χ1v) is 23.8. The summed E-state index contributed by atoms with van der Waals surface area (Å²) in [5.74, 6) is 0.581. The molecule has 0 bridgehead atoms. The Bertz CT molecular complexity index is 1140. The predicted molar refractivity (Wildman–Crippen MR) is 136 cm³/mol. The molecule has 0 amide bonds. The second-order valence-corrected chi connectivity index (χ2v) is 39.3. The van der Waals surface area contributed by atoms with Crippen molar-refractivity contribution >= 4 is 37.3 Å². The first-order chi connectivity index (χ1) is 13.1. The third kappa shape index (κ3) is 3.81. The van der Waals surface area contributed by atoms with Gasteiger partial charge in [-0.05, 0) is 0 Å². The van der Waals surface area contributed by atoms with E-state index < -0.39 is 17.4 Å². The summed E-state index contributed by atoms with van der Waals surface area (Å²) in [5.41, 5.74) is 10.00. The molecule has 0 N–H and O–H groups in total. The van der Waals surface area contributed by atoms with Gasteiger partial charge in [-0.15, -0.1) is 24.8 Å². The molecule has 0 radical (unpaired) electrons. The number of nitrogens with zero attached hydrogens (tertiary/aromatic N) is 1. The fraction of sp³-hybridized carbons (Fsp3) is 0.320. The van der Waals surface area contributed by atoms with Crippen molar-refractivity contribution in [2.45, 2.75) is 40.6 Å². The van der Waals surface area contributed by atoms with Gasteiger partial charge in [-0.2, -0.15) is 0 Å². The molecule has 2 aliphatic carbocycles. The molecule has 1 heterocycles. The zero-order valence-electron chi connectivity index (χ0n) is 18.8. The Hall–Kier alpha value is -0.730. The van der Waals surface area contributed by atoms with Crippen LogP contribution in [0.3, 0.4) is 0 Å². The summed E-state index contributed by atoms with van der Waals surface area (Å²) < 4.78 is 7.66. The molecule has 5 heteroatoms. The molecular formula is C25H33Cl2NSiZr. The second-order valence-electron chi connectivity index (χ2n) is 9.74. The summed E-state index contributed by atoms with van der Waals surface area (Å²) in [6, 6.07) is 15.3. The van der Waals surface area contributed by atoms with Crippen molar-refractivity contribution in [2.24, 2.45) is 5.92 Å². The van der Waals surface area contributed by atoms with Gasteiger partial charge < -0.3 is 0 Å². The number of aromatic nitrogens is 1. The minimum Gasteiger partial charge on any atom is -0.147 e. The number of allylic oxidation sites excluding steroid dienone is 5. The summed E-state index contributed by atoms with van der Waals surface area (Å²) in [5, 5.41) is 0. The summed E-state index contributed by atoms with van der Waals surface area (Å²) in [7, 11) is 0. The molecule has 0 spiro atoms. The van der Waals surface area contributed by atoms with Gasteiger partial charge in [-0.1, -0.05) is 0 Å². The van der Waals surface area contributed by atoms with E-state index in [1.54, 1.807) is 14.4 Å². The SMILES string of the molecule is CC1=C(C)C(C)[C]([Zr]([CH3])([CH3])(=[SiH2])[CH]2C=C(c3ccccn3)c3ccccc32)=C1C.Cl.Cl. The third-order valence-electron chi connectivity index (χ3n) is 7.38. The summed E-state index contributed by atoms with van der Waals surface area (Å²) >= 11 is -3.31. The molecule has 4 rings (SSSR count). The molecule has 1 aromatic carbocycles. The molecule has 0 fully saturated rings. The van der Waals surface area contributed by atoms with Crippen LogP contribution in [0, 0.1) is 5.92 Å². The third-order valence-corrected chi connectivity index (χ3v) is 24.7. The van der Waals surface area contributed by atoms with Crippen molar-refractivity contribution < 1.29 is 17.4 Å². The number of benzene rings is 1. The van der Waals surface area contributed by atoms with Crippen LogP contribution in [0.15, 0.2) is 74.7 Å². The number of rotatable bonds is 3. The maximum Gasteiger partial charge on any atom is -0.147 e. The van der Waals surface area contributed by atoms with Gasteiger partial charge in [0.2, 0.25) is 0 Å². The Morgan fingerprint density at radius 3 is 2.10 bits per heavy atom. The van der Waals surface area contributed by atoms with Crippen LogP contribution < -0.4 is 0 Å². The molecule has 2 atom stereocenters. The van der Waals surface area contributed by atoms with E-state index in [4.69, 9.17) is 0 Å². The van der Waals surface area contributed by atoms with E-state index in [-0.39, 0.29) is 24.8 Å². The van der Waals surface area contributed by atoms with Gasteiger partial charge in [-0.25, -0.2) is 0 Å². The Kier molecular flexibility index (Phi) is 7.37. The van der Waals surface area contributed by atoms with Crippen LogP contribution in [0.4, 0.5) is 0 Å². The van der Waals surface area contributed by atoms with Gasteiger partial charge in [0.1, 0.15) is 0 Å². The molecule has 2 aliphatic rings. The molecule has 160 valence electrons. The molecule has 0 saturated carbocycles. The monoisotopic (exact) mass is 535 g/mol. The van der Waals surface area contributed by atoms with Crippen molar-refractivity contribution in [3.05, 3.63) is 91.6 Å². The summed E-state index contributed by atoms with van der Waals surface area (Å²) in [4.78, 5) is 4.69. The van der Waals surface area contributed by atoms with Crippen LogP contribution in [0.2, 0.25) is 9.26 Å². The minimum absolute atomic E-state index is 0. The maximum atomic E-state index is 4.69. The van der Waals surface area contributed by atoms with E-state index in [0.29, 0.717) is 9.54 Å². The Balaban J connectivity index is 0.00000160. The van der Waals surface area contributed by atoms with E-state index in [1.165, 1.54) is 22.3 Å². The largest absolute Gasteiger partial charge is 0.147 e. The van der Waals surface area contributed by atoms with E-state index in [1.807, 2.05) is 12.3 Å². The van der Waals surface area contributed by atoms with Gasteiger partial charge in [0.15, 0.2) is 0 Å². The van der Waals surface area contributed by atoms with Gasteiger partial charge >= 0.3 is 173 Å². The average molecular weight is 538 g/mol. The van der Waals surface area contributed by atoms with Crippen LogP contribution in [0.5, 0.6) is 0 Å². The van der Waals surface area contributed by atoms with Gasteiger partial charge in [0, 0.05) is 0 Å². The van der Waals surface area contributed by atoms with Gasteiger partial charge in [0.05, 0.1) is 0 Å². The molecule has 0 saturated heterocycles. The molecule has 0 aliphatic heterocycles. The smallest absolute Gasteiger partial charge is 0.147 e. The average Bonchev–Trinajstić information content (AvgIpc) is 3.16. The number of pyridine rings is 1. The molecule has 1 aromatic heterocycles. The van der Waals surface area contributed by atoms with E-state index in [2.05, 4.69) is 91.3 Å². The first-order valence-electron chi connectivity index (χ1n) is 10.3. The zero-order valence-corrected chi connectivity index (χ0v) is 24.3. The van der Waals surface area contributed by atoms with E-state index in [9.17, 15) is 0 Å². The maximum absolute atomic E-state index is 4.69. The van der Waals surface area contributed by atoms with Crippen molar-refractivity contribution in [1.29, 1.82) is 0 Å². The predicted octanol–water partition coefficient (Wildman–Crippen LogP) is 7.01. The number of hydrogen-bond acceptors (Lipinski definition) is 1. The van der Waals surface area contributed by atoms with E-state index in [0.717, 1.165) is 5.69 Å².